The zero-order valence-corrected chi connectivity index (χ0v) is 5.20. The van der Waals surface area contributed by atoms with Crippen LogP contribution in [0.2, 0.25) is 0 Å². The third kappa shape index (κ3) is 5.07. The molecule has 0 aliphatic carbocycles. The van der Waals surface area contributed by atoms with Crippen molar-refractivity contribution >= 4 is 0 Å². The molecule has 0 heterocycles. The summed E-state index contributed by atoms with van der Waals surface area (Å²) < 4.78 is 8.78. The van der Waals surface area contributed by atoms with Gasteiger partial charge in [-0.2, -0.15) is 5.26 Å². The van der Waals surface area contributed by atoms with Crippen LogP contribution >= 0.6 is 0 Å². The van der Waals surface area contributed by atoms with E-state index in [4.69, 9.17) is 10.4 Å². The summed E-state index contributed by atoms with van der Waals surface area (Å²) in [5.41, 5.74) is 0. The van der Waals surface area contributed by atoms with Gasteiger partial charge in [-0.1, -0.05) is 0 Å². The SMILES string of the molecule is COCC(O)COC#N. The standard InChI is InChI=1S/C5H9NO3/c1-8-2-5(7)3-9-4-6/h5,7H,2-3H2,1H3. The van der Waals surface area contributed by atoms with Crippen LogP contribution in [0.4, 0.5) is 0 Å². The van der Waals surface area contributed by atoms with Gasteiger partial charge in [-0.25, -0.2) is 0 Å². The van der Waals surface area contributed by atoms with Crippen molar-refractivity contribution in [2.45, 2.75) is 6.10 Å². The van der Waals surface area contributed by atoms with Crippen molar-refractivity contribution < 1.29 is 14.6 Å². The van der Waals surface area contributed by atoms with E-state index in [1.165, 1.54) is 13.4 Å². The Morgan fingerprint density at radius 1 is 1.67 bits per heavy atom. The average Bonchev–Trinajstić information content (AvgIpc) is 1.85. The van der Waals surface area contributed by atoms with Gasteiger partial charge in [-0.3, -0.25) is 0 Å². The van der Waals surface area contributed by atoms with E-state index in [0.29, 0.717) is 0 Å². The largest absolute Gasteiger partial charge is 0.425 e. The molecule has 0 bridgehead atoms. The first-order valence-corrected chi connectivity index (χ1v) is 2.49. The monoisotopic (exact) mass is 131 g/mol. The van der Waals surface area contributed by atoms with Gasteiger partial charge in [0.25, 0.3) is 6.26 Å². The van der Waals surface area contributed by atoms with E-state index in [-0.39, 0.29) is 13.2 Å². The molecule has 4 heteroatoms. The fraction of sp³-hybridized carbons (Fsp3) is 0.800. The Bertz CT molecular complexity index is 98.9. The molecule has 0 aliphatic rings. The predicted molar refractivity (Wildman–Crippen MR) is 29.4 cm³/mol. The molecule has 0 spiro atoms. The Kier molecular flexibility index (Phi) is 4.88. The van der Waals surface area contributed by atoms with Gasteiger partial charge >= 0.3 is 0 Å². The van der Waals surface area contributed by atoms with Crippen LogP contribution in [0.3, 0.4) is 0 Å². The molecule has 0 radical (unpaired) electrons. The Balaban J connectivity index is 3.07. The van der Waals surface area contributed by atoms with Crippen molar-refractivity contribution in [1.29, 1.82) is 5.26 Å². The molecule has 0 rings (SSSR count). The number of ether oxygens (including phenoxy) is 2. The lowest BCUT2D eigenvalue weighted by atomic mass is 10.4. The van der Waals surface area contributed by atoms with E-state index in [1.54, 1.807) is 0 Å². The summed E-state index contributed by atoms with van der Waals surface area (Å²) in [5, 5.41) is 16.6. The molecule has 0 fully saturated rings. The summed E-state index contributed by atoms with van der Waals surface area (Å²) in [4.78, 5) is 0. The number of hydrogen-bond donors (Lipinski definition) is 1. The molecular weight excluding hydrogens is 122 g/mol. The van der Waals surface area contributed by atoms with Gasteiger partial charge in [-0.15, -0.1) is 0 Å². The van der Waals surface area contributed by atoms with Crippen molar-refractivity contribution in [2.75, 3.05) is 20.3 Å². The second-order valence-electron chi connectivity index (χ2n) is 1.51. The highest BCUT2D eigenvalue weighted by Gasteiger charge is 2.01. The lowest BCUT2D eigenvalue weighted by Crippen LogP contribution is -2.19. The van der Waals surface area contributed by atoms with Gasteiger partial charge in [0.15, 0.2) is 0 Å². The lowest BCUT2D eigenvalue weighted by molar-refractivity contribution is 0.0241. The highest BCUT2D eigenvalue weighted by Crippen LogP contribution is 1.83. The Morgan fingerprint density at radius 2 is 2.33 bits per heavy atom. The van der Waals surface area contributed by atoms with Crippen LogP contribution in [0.1, 0.15) is 0 Å². The molecule has 0 saturated carbocycles. The first-order valence-electron chi connectivity index (χ1n) is 2.49. The number of hydrogen-bond acceptors (Lipinski definition) is 4. The minimum absolute atomic E-state index is 0.00431. The maximum atomic E-state index is 8.78. The summed E-state index contributed by atoms with van der Waals surface area (Å²) in [7, 11) is 1.47. The van der Waals surface area contributed by atoms with Crippen molar-refractivity contribution in [3.05, 3.63) is 0 Å². The first-order chi connectivity index (χ1) is 4.31. The number of methoxy groups -OCH3 is 1. The van der Waals surface area contributed by atoms with Crippen LogP contribution in [-0.4, -0.2) is 31.5 Å². The van der Waals surface area contributed by atoms with E-state index in [2.05, 4.69) is 9.47 Å². The maximum Gasteiger partial charge on any atom is 0.286 e. The Labute approximate surface area is 53.6 Å². The molecule has 9 heavy (non-hydrogen) atoms. The fourth-order valence-electron chi connectivity index (χ4n) is 0.374. The van der Waals surface area contributed by atoms with E-state index < -0.39 is 6.10 Å². The molecule has 0 aromatic heterocycles. The predicted octanol–water partition coefficient (Wildman–Crippen LogP) is -0.509. The zero-order chi connectivity index (χ0) is 7.11. The molecule has 0 aromatic carbocycles. The number of rotatable bonds is 4. The molecule has 4 nitrogen and oxygen atoms in total. The first kappa shape index (κ1) is 8.21. The van der Waals surface area contributed by atoms with Crippen LogP contribution < -0.4 is 0 Å². The number of aliphatic hydroxyl groups is 1. The highest BCUT2D eigenvalue weighted by atomic mass is 16.5. The average molecular weight is 131 g/mol. The number of aliphatic hydroxyl groups excluding tert-OH is 1. The topological polar surface area (TPSA) is 62.5 Å². The van der Waals surface area contributed by atoms with E-state index in [9.17, 15) is 0 Å². The van der Waals surface area contributed by atoms with Gasteiger partial charge in [0.2, 0.25) is 0 Å². The van der Waals surface area contributed by atoms with Crippen LogP contribution in [-0.2, 0) is 9.47 Å². The van der Waals surface area contributed by atoms with Crippen molar-refractivity contribution in [3.63, 3.8) is 0 Å². The summed E-state index contributed by atoms with van der Waals surface area (Å²) >= 11 is 0. The second-order valence-corrected chi connectivity index (χ2v) is 1.51. The molecule has 1 unspecified atom stereocenters. The summed E-state index contributed by atoms with van der Waals surface area (Å²) in [6.07, 6.45) is 0.742. The molecule has 1 atom stereocenters. The smallest absolute Gasteiger partial charge is 0.286 e. The molecule has 0 saturated heterocycles. The van der Waals surface area contributed by atoms with E-state index in [1.807, 2.05) is 0 Å². The van der Waals surface area contributed by atoms with Gasteiger partial charge in [0.1, 0.15) is 12.7 Å². The third-order valence-corrected chi connectivity index (χ3v) is 0.699. The van der Waals surface area contributed by atoms with Crippen molar-refractivity contribution in [2.24, 2.45) is 0 Å². The summed E-state index contributed by atoms with van der Waals surface area (Å²) in [6.45, 7) is 0.200. The van der Waals surface area contributed by atoms with Gasteiger partial charge in [0, 0.05) is 7.11 Å². The maximum absolute atomic E-state index is 8.78. The van der Waals surface area contributed by atoms with Crippen LogP contribution in [0, 0.1) is 11.5 Å². The Hall–Kier alpha value is -0.790. The molecular formula is C5H9NO3. The minimum Gasteiger partial charge on any atom is -0.425 e. The normalized spacial score (nSPS) is 12.1. The summed E-state index contributed by atoms with van der Waals surface area (Å²) in [5.74, 6) is 0. The lowest BCUT2D eigenvalue weighted by Gasteiger charge is -2.04. The fourth-order valence-corrected chi connectivity index (χ4v) is 0.374. The van der Waals surface area contributed by atoms with Crippen LogP contribution in [0.5, 0.6) is 0 Å². The molecule has 0 aliphatic heterocycles. The Morgan fingerprint density at radius 3 is 2.78 bits per heavy atom. The van der Waals surface area contributed by atoms with Crippen molar-refractivity contribution in [3.8, 4) is 6.26 Å². The third-order valence-electron chi connectivity index (χ3n) is 0.699. The van der Waals surface area contributed by atoms with Crippen molar-refractivity contribution in [1.82, 2.24) is 0 Å². The number of nitrogens with zero attached hydrogens (tertiary/aromatic N) is 1. The van der Waals surface area contributed by atoms with Gasteiger partial charge in [0.05, 0.1) is 6.61 Å². The summed E-state index contributed by atoms with van der Waals surface area (Å²) in [6, 6.07) is 0. The van der Waals surface area contributed by atoms with Crippen LogP contribution in [0.25, 0.3) is 0 Å². The van der Waals surface area contributed by atoms with Gasteiger partial charge in [-0.05, 0) is 0 Å². The quantitative estimate of drug-likeness (QED) is 0.522. The molecule has 0 amide bonds. The van der Waals surface area contributed by atoms with E-state index in [0.717, 1.165) is 0 Å². The van der Waals surface area contributed by atoms with E-state index >= 15 is 0 Å². The molecule has 1 N–H and O–H groups in total. The highest BCUT2D eigenvalue weighted by molar-refractivity contribution is 4.55. The van der Waals surface area contributed by atoms with Crippen LogP contribution in [0.15, 0.2) is 0 Å². The molecule has 0 aromatic rings. The zero-order valence-electron chi connectivity index (χ0n) is 5.20. The van der Waals surface area contributed by atoms with Gasteiger partial charge < -0.3 is 14.6 Å². The second kappa shape index (κ2) is 5.35. The minimum atomic E-state index is -0.699. The number of nitriles is 1. The molecule has 52 valence electrons.